The van der Waals surface area contributed by atoms with Crippen molar-refractivity contribution in [2.24, 2.45) is 5.92 Å². The summed E-state index contributed by atoms with van der Waals surface area (Å²) in [6.07, 6.45) is 0. The Labute approximate surface area is 68.1 Å². The predicted octanol–water partition coefficient (Wildman–Crippen LogP) is -1.98. The molecule has 0 aromatic heterocycles. The van der Waals surface area contributed by atoms with Crippen molar-refractivity contribution in [3.05, 3.63) is 6.92 Å². The number of carbonyl (C=O) groups excluding carboxylic acids is 1. The Bertz CT molecular complexity index is 81.1. The SMILES string of the molecule is [CH2-]C(C)C(=O)OCC.[Li+]. The van der Waals surface area contributed by atoms with Crippen LogP contribution in [-0.2, 0) is 9.53 Å². The topological polar surface area (TPSA) is 26.3 Å². The third kappa shape index (κ3) is 5.95. The van der Waals surface area contributed by atoms with E-state index in [1.165, 1.54) is 0 Å². The van der Waals surface area contributed by atoms with Crippen LogP contribution >= 0.6 is 0 Å². The molecule has 0 heterocycles. The van der Waals surface area contributed by atoms with Crippen LogP contribution in [0.2, 0.25) is 0 Å². The van der Waals surface area contributed by atoms with Crippen LogP contribution < -0.4 is 18.9 Å². The maximum absolute atomic E-state index is 10.5. The van der Waals surface area contributed by atoms with E-state index in [-0.39, 0.29) is 30.7 Å². The Hall–Kier alpha value is 0.0674. The first kappa shape index (κ1) is 11.8. The van der Waals surface area contributed by atoms with Crippen molar-refractivity contribution in [3.8, 4) is 0 Å². The molecule has 1 unspecified atom stereocenters. The fourth-order valence-corrected chi connectivity index (χ4v) is 0.285. The molecule has 0 spiro atoms. The number of hydrogen-bond donors (Lipinski definition) is 0. The molecule has 0 saturated carbocycles. The van der Waals surface area contributed by atoms with Gasteiger partial charge in [0.25, 0.3) is 5.97 Å². The van der Waals surface area contributed by atoms with Gasteiger partial charge in [-0.3, -0.25) is 4.79 Å². The van der Waals surface area contributed by atoms with Gasteiger partial charge in [-0.05, 0) is 6.92 Å². The van der Waals surface area contributed by atoms with Crippen LogP contribution in [0.1, 0.15) is 13.8 Å². The maximum Gasteiger partial charge on any atom is 1.00 e. The molecule has 1 atom stereocenters. The van der Waals surface area contributed by atoms with E-state index in [2.05, 4.69) is 11.7 Å². The Morgan fingerprint density at radius 3 is 2.33 bits per heavy atom. The van der Waals surface area contributed by atoms with E-state index in [0.29, 0.717) is 6.61 Å². The van der Waals surface area contributed by atoms with Crippen LogP contribution in [-0.4, -0.2) is 12.6 Å². The van der Waals surface area contributed by atoms with E-state index in [1.54, 1.807) is 13.8 Å². The van der Waals surface area contributed by atoms with E-state index >= 15 is 0 Å². The van der Waals surface area contributed by atoms with E-state index in [0.717, 1.165) is 0 Å². The standard InChI is InChI=1S/C6H11O2.Li/c1-4-8-6(7)5(2)3;/h5H,2,4H2,1,3H3;/q-1;+1. The molecule has 0 radical (unpaired) electrons. The fraction of sp³-hybridized carbons (Fsp3) is 0.667. The third-order valence-corrected chi connectivity index (χ3v) is 0.689. The zero-order valence-electron chi connectivity index (χ0n) is 6.31. The summed E-state index contributed by atoms with van der Waals surface area (Å²) in [5.74, 6) is -0.470. The van der Waals surface area contributed by atoms with Gasteiger partial charge in [0.2, 0.25) is 0 Å². The molecule has 2 nitrogen and oxygen atoms in total. The minimum atomic E-state index is -0.241. The van der Waals surface area contributed by atoms with Gasteiger partial charge in [0.1, 0.15) is 0 Å². The number of hydrogen-bond acceptors (Lipinski definition) is 2. The average Bonchev–Trinajstić information content (AvgIpc) is 1.67. The van der Waals surface area contributed by atoms with E-state index in [4.69, 9.17) is 0 Å². The molecule has 0 aromatic rings. The van der Waals surface area contributed by atoms with Gasteiger partial charge in [-0.1, -0.05) is 12.8 Å². The summed E-state index contributed by atoms with van der Waals surface area (Å²) in [5, 5.41) is 0. The van der Waals surface area contributed by atoms with Gasteiger partial charge in [0.05, 0.1) is 6.61 Å². The van der Waals surface area contributed by atoms with Crippen molar-refractivity contribution in [2.75, 3.05) is 6.61 Å². The molecular weight excluding hydrogens is 111 g/mol. The molecule has 0 rings (SSSR count). The largest absolute Gasteiger partial charge is 1.00 e. The van der Waals surface area contributed by atoms with Crippen molar-refractivity contribution >= 4 is 5.97 Å². The number of ether oxygens (including phenoxy) is 1. The summed E-state index contributed by atoms with van der Waals surface area (Å²) in [6, 6.07) is 0. The number of esters is 1. The first-order chi connectivity index (χ1) is 3.68. The average molecular weight is 122 g/mol. The van der Waals surface area contributed by atoms with Crippen LogP contribution in [0.3, 0.4) is 0 Å². The van der Waals surface area contributed by atoms with Gasteiger partial charge in [-0.2, -0.15) is 0 Å². The number of carbonyl (C=O) groups is 1. The van der Waals surface area contributed by atoms with E-state index in [1.807, 2.05) is 0 Å². The molecule has 0 amide bonds. The molecule has 0 aliphatic heterocycles. The van der Waals surface area contributed by atoms with Crippen LogP contribution in [0.5, 0.6) is 0 Å². The summed E-state index contributed by atoms with van der Waals surface area (Å²) in [6.45, 7) is 7.41. The smallest absolute Gasteiger partial charge is 0.468 e. The van der Waals surface area contributed by atoms with E-state index in [9.17, 15) is 4.79 Å². The van der Waals surface area contributed by atoms with E-state index < -0.39 is 0 Å². The summed E-state index contributed by atoms with van der Waals surface area (Å²) in [4.78, 5) is 10.5. The van der Waals surface area contributed by atoms with Gasteiger partial charge >= 0.3 is 18.9 Å². The fourth-order valence-electron chi connectivity index (χ4n) is 0.285. The van der Waals surface area contributed by atoms with Gasteiger partial charge in [0, 0.05) is 0 Å². The Morgan fingerprint density at radius 1 is 1.78 bits per heavy atom. The summed E-state index contributed by atoms with van der Waals surface area (Å²) in [7, 11) is 0. The Kier molecular flexibility index (Phi) is 8.13. The second-order valence-electron chi connectivity index (χ2n) is 1.65. The van der Waals surface area contributed by atoms with Crippen molar-refractivity contribution in [2.45, 2.75) is 13.8 Å². The summed E-state index contributed by atoms with van der Waals surface area (Å²) < 4.78 is 4.60. The van der Waals surface area contributed by atoms with Crippen LogP contribution in [0.4, 0.5) is 0 Å². The van der Waals surface area contributed by atoms with Gasteiger partial charge in [-0.25, -0.2) is 0 Å². The zero-order valence-corrected chi connectivity index (χ0v) is 6.31. The Balaban J connectivity index is 0. The quantitative estimate of drug-likeness (QED) is 0.241. The van der Waals surface area contributed by atoms with Gasteiger partial charge < -0.3 is 11.7 Å². The number of rotatable bonds is 2. The normalized spacial score (nSPS) is 11.4. The predicted molar refractivity (Wildman–Crippen MR) is 31.2 cm³/mol. The second kappa shape index (κ2) is 6.19. The first-order valence-electron chi connectivity index (χ1n) is 2.68. The first-order valence-corrected chi connectivity index (χ1v) is 2.68. The molecular formula is C6H11LiO2. The molecule has 0 aliphatic rings. The van der Waals surface area contributed by atoms with Crippen molar-refractivity contribution in [1.82, 2.24) is 0 Å². The molecule has 3 heteroatoms. The van der Waals surface area contributed by atoms with Crippen molar-refractivity contribution in [3.63, 3.8) is 0 Å². The minimum absolute atomic E-state index is 0. The molecule has 0 fully saturated rings. The second-order valence-corrected chi connectivity index (χ2v) is 1.65. The van der Waals surface area contributed by atoms with Crippen molar-refractivity contribution in [1.29, 1.82) is 0 Å². The molecule has 48 valence electrons. The minimum Gasteiger partial charge on any atom is -0.468 e. The maximum atomic E-state index is 10.5. The molecule has 0 aliphatic carbocycles. The summed E-state index contributed by atoms with van der Waals surface area (Å²) in [5.41, 5.74) is 0. The molecule has 0 N–H and O–H groups in total. The zero-order chi connectivity index (χ0) is 6.57. The van der Waals surface area contributed by atoms with Gasteiger partial charge in [-0.15, -0.1) is 0 Å². The van der Waals surface area contributed by atoms with Crippen LogP contribution in [0, 0.1) is 12.8 Å². The monoisotopic (exact) mass is 122 g/mol. The molecule has 0 saturated heterocycles. The van der Waals surface area contributed by atoms with Gasteiger partial charge in [0.15, 0.2) is 0 Å². The third-order valence-electron chi connectivity index (χ3n) is 0.689. The Morgan fingerprint density at radius 2 is 2.22 bits per heavy atom. The van der Waals surface area contributed by atoms with Crippen LogP contribution in [0.25, 0.3) is 0 Å². The molecule has 9 heavy (non-hydrogen) atoms. The molecule has 0 aromatic carbocycles. The van der Waals surface area contributed by atoms with Crippen LogP contribution in [0.15, 0.2) is 0 Å². The van der Waals surface area contributed by atoms with Crippen molar-refractivity contribution < 1.29 is 28.4 Å². The molecule has 0 bridgehead atoms. The summed E-state index contributed by atoms with van der Waals surface area (Å²) >= 11 is 0.